The molecule has 1 nitrogen and oxygen atoms in total. The Morgan fingerprint density at radius 3 is 3.44 bits per heavy atom. The van der Waals surface area contributed by atoms with Gasteiger partial charge in [0.05, 0.1) is 5.37 Å². The van der Waals surface area contributed by atoms with Gasteiger partial charge in [0.25, 0.3) is 0 Å². The molecule has 1 unspecified atom stereocenters. The van der Waals surface area contributed by atoms with Crippen LogP contribution in [-0.4, -0.2) is 10.3 Å². The van der Waals surface area contributed by atoms with E-state index >= 15 is 0 Å². The SMILES string of the molecule is CC1=CN2C=CSC2C1. The van der Waals surface area contributed by atoms with Crippen LogP contribution >= 0.6 is 11.8 Å². The molecule has 0 aromatic carbocycles. The van der Waals surface area contributed by atoms with Gasteiger partial charge in [-0.25, -0.2) is 0 Å². The van der Waals surface area contributed by atoms with Gasteiger partial charge >= 0.3 is 0 Å². The van der Waals surface area contributed by atoms with E-state index in [0.29, 0.717) is 5.37 Å². The second kappa shape index (κ2) is 1.81. The number of nitrogens with zero attached hydrogens (tertiary/aromatic N) is 1. The van der Waals surface area contributed by atoms with E-state index in [2.05, 4.69) is 29.6 Å². The van der Waals surface area contributed by atoms with Gasteiger partial charge in [-0.15, -0.1) is 11.8 Å². The summed E-state index contributed by atoms with van der Waals surface area (Å²) >= 11 is 1.91. The van der Waals surface area contributed by atoms with Crippen LogP contribution in [0.25, 0.3) is 0 Å². The molecule has 0 N–H and O–H groups in total. The van der Waals surface area contributed by atoms with Crippen LogP contribution in [0.3, 0.4) is 0 Å². The summed E-state index contributed by atoms with van der Waals surface area (Å²) in [6.07, 6.45) is 5.60. The molecule has 0 amide bonds. The average molecular weight is 139 g/mol. The molecule has 2 aliphatic rings. The molecule has 0 fully saturated rings. The summed E-state index contributed by atoms with van der Waals surface area (Å²) in [5, 5.41) is 2.86. The maximum atomic E-state index is 2.28. The van der Waals surface area contributed by atoms with Crippen LogP contribution < -0.4 is 0 Å². The summed E-state index contributed by atoms with van der Waals surface area (Å²) < 4.78 is 0. The van der Waals surface area contributed by atoms with Crippen molar-refractivity contribution in [3.63, 3.8) is 0 Å². The highest BCUT2D eigenvalue weighted by Crippen LogP contribution is 2.35. The van der Waals surface area contributed by atoms with Gasteiger partial charge in [-0.3, -0.25) is 0 Å². The fourth-order valence-electron chi connectivity index (χ4n) is 1.22. The third kappa shape index (κ3) is 0.778. The summed E-state index contributed by atoms with van der Waals surface area (Å²) in [4.78, 5) is 2.28. The van der Waals surface area contributed by atoms with E-state index in [4.69, 9.17) is 0 Å². The lowest BCUT2D eigenvalue weighted by molar-refractivity contribution is 0.521. The van der Waals surface area contributed by atoms with Crippen LogP contribution in [0.2, 0.25) is 0 Å². The van der Waals surface area contributed by atoms with Gasteiger partial charge in [0.1, 0.15) is 0 Å². The van der Waals surface area contributed by atoms with E-state index in [1.165, 1.54) is 12.0 Å². The number of hydrogen-bond donors (Lipinski definition) is 0. The standard InChI is InChI=1S/C7H9NS/c1-6-4-7-8(5-6)2-3-9-7/h2-3,5,7H,4H2,1H3. The molecule has 0 saturated heterocycles. The monoisotopic (exact) mass is 139 g/mol. The zero-order valence-electron chi connectivity index (χ0n) is 5.37. The molecule has 2 heterocycles. The van der Waals surface area contributed by atoms with Crippen molar-refractivity contribution in [1.29, 1.82) is 0 Å². The predicted octanol–water partition coefficient (Wildman–Crippen LogP) is 2.14. The van der Waals surface area contributed by atoms with Crippen molar-refractivity contribution in [2.45, 2.75) is 18.7 Å². The highest BCUT2D eigenvalue weighted by atomic mass is 32.2. The number of fused-ring (bicyclic) bond motifs is 1. The first-order chi connectivity index (χ1) is 4.36. The van der Waals surface area contributed by atoms with Crippen molar-refractivity contribution in [1.82, 2.24) is 4.90 Å². The molecule has 0 aromatic heterocycles. The molecular weight excluding hydrogens is 130 g/mol. The minimum atomic E-state index is 0.699. The van der Waals surface area contributed by atoms with Crippen LogP contribution in [-0.2, 0) is 0 Å². The Morgan fingerprint density at radius 2 is 2.67 bits per heavy atom. The molecule has 2 heteroatoms. The molecule has 0 radical (unpaired) electrons. The maximum Gasteiger partial charge on any atom is 0.0866 e. The lowest BCUT2D eigenvalue weighted by atomic mass is 10.3. The second-order valence-corrected chi connectivity index (χ2v) is 3.59. The molecule has 0 aromatic rings. The molecule has 0 spiro atoms. The minimum Gasteiger partial charge on any atom is -0.341 e. The first-order valence-corrected chi connectivity index (χ1v) is 4.07. The van der Waals surface area contributed by atoms with E-state index in [-0.39, 0.29) is 0 Å². The van der Waals surface area contributed by atoms with Crippen LogP contribution in [0, 0.1) is 0 Å². The van der Waals surface area contributed by atoms with Gasteiger partial charge in [-0.05, 0) is 12.3 Å². The summed E-state index contributed by atoms with van der Waals surface area (Å²) in [6, 6.07) is 0. The van der Waals surface area contributed by atoms with Crippen molar-refractivity contribution in [2.75, 3.05) is 0 Å². The molecule has 9 heavy (non-hydrogen) atoms. The van der Waals surface area contributed by atoms with Crippen molar-refractivity contribution in [3.05, 3.63) is 23.4 Å². The van der Waals surface area contributed by atoms with Gasteiger partial charge in [0.15, 0.2) is 0 Å². The van der Waals surface area contributed by atoms with E-state index in [1.807, 2.05) is 11.8 Å². The van der Waals surface area contributed by atoms with Crippen LogP contribution in [0.4, 0.5) is 0 Å². The Hall–Kier alpha value is -0.370. The van der Waals surface area contributed by atoms with Gasteiger partial charge in [-0.2, -0.15) is 0 Å². The van der Waals surface area contributed by atoms with Gasteiger partial charge < -0.3 is 4.90 Å². The molecule has 1 atom stereocenters. The smallest absolute Gasteiger partial charge is 0.0866 e. The first kappa shape index (κ1) is 5.42. The highest BCUT2D eigenvalue weighted by Gasteiger charge is 2.23. The fraction of sp³-hybridized carbons (Fsp3) is 0.429. The summed E-state index contributed by atoms with van der Waals surface area (Å²) in [6.45, 7) is 2.19. The Bertz CT molecular complexity index is 183. The summed E-state index contributed by atoms with van der Waals surface area (Å²) in [7, 11) is 0. The van der Waals surface area contributed by atoms with E-state index in [9.17, 15) is 0 Å². The van der Waals surface area contributed by atoms with Crippen LogP contribution in [0.1, 0.15) is 13.3 Å². The Kier molecular flexibility index (Phi) is 1.09. The molecular formula is C7H9NS. The first-order valence-electron chi connectivity index (χ1n) is 3.13. The van der Waals surface area contributed by atoms with Crippen molar-refractivity contribution >= 4 is 11.8 Å². The van der Waals surface area contributed by atoms with Crippen molar-refractivity contribution in [2.24, 2.45) is 0 Å². The number of rotatable bonds is 0. The van der Waals surface area contributed by atoms with E-state index < -0.39 is 0 Å². The molecule has 48 valence electrons. The van der Waals surface area contributed by atoms with E-state index in [1.54, 1.807) is 0 Å². The normalized spacial score (nSPS) is 31.0. The maximum absolute atomic E-state index is 2.28. The number of hydrogen-bond acceptors (Lipinski definition) is 2. The highest BCUT2D eigenvalue weighted by molar-refractivity contribution is 8.02. The summed E-state index contributed by atoms with van der Waals surface area (Å²) in [5.41, 5.74) is 1.50. The Balaban J connectivity index is 2.21. The third-order valence-electron chi connectivity index (χ3n) is 1.67. The molecule has 2 aliphatic heterocycles. The predicted molar refractivity (Wildman–Crippen MR) is 40.7 cm³/mol. The zero-order chi connectivity index (χ0) is 6.27. The largest absolute Gasteiger partial charge is 0.341 e. The topological polar surface area (TPSA) is 3.24 Å². The number of thioether (sulfide) groups is 1. The summed E-state index contributed by atoms with van der Waals surface area (Å²) in [5.74, 6) is 0. The molecule has 0 saturated carbocycles. The quantitative estimate of drug-likeness (QED) is 0.506. The Morgan fingerprint density at radius 1 is 1.78 bits per heavy atom. The van der Waals surface area contributed by atoms with Gasteiger partial charge in [0.2, 0.25) is 0 Å². The van der Waals surface area contributed by atoms with Crippen molar-refractivity contribution in [3.8, 4) is 0 Å². The molecule has 0 aliphatic carbocycles. The molecule has 2 rings (SSSR count). The second-order valence-electron chi connectivity index (χ2n) is 2.50. The molecule has 0 bridgehead atoms. The van der Waals surface area contributed by atoms with Crippen LogP contribution in [0.15, 0.2) is 23.4 Å². The average Bonchev–Trinajstić information content (AvgIpc) is 2.22. The van der Waals surface area contributed by atoms with Crippen molar-refractivity contribution < 1.29 is 0 Å². The van der Waals surface area contributed by atoms with Crippen LogP contribution in [0.5, 0.6) is 0 Å². The van der Waals surface area contributed by atoms with E-state index in [0.717, 1.165) is 0 Å². The lowest BCUT2D eigenvalue weighted by Gasteiger charge is -2.11. The minimum absolute atomic E-state index is 0.699. The van der Waals surface area contributed by atoms with Gasteiger partial charge in [-0.1, -0.05) is 5.57 Å². The Labute approximate surface area is 59.4 Å². The fourth-order valence-corrected chi connectivity index (χ4v) is 2.25. The van der Waals surface area contributed by atoms with Gasteiger partial charge in [0, 0.05) is 18.8 Å². The third-order valence-corrected chi connectivity index (χ3v) is 2.67. The lowest BCUT2D eigenvalue weighted by Crippen LogP contribution is -2.11. The zero-order valence-corrected chi connectivity index (χ0v) is 6.19.